The van der Waals surface area contributed by atoms with Crippen LogP contribution in [-0.4, -0.2) is 36.0 Å². The Labute approximate surface area is 129 Å². The highest BCUT2D eigenvalue weighted by Crippen LogP contribution is 2.16. The lowest BCUT2D eigenvalue weighted by Gasteiger charge is -2.18. The lowest BCUT2D eigenvalue weighted by Crippen LogP contribution is -2.31. The number of aromatic nitrogens is 1. The van der Waals surface area contributed by atoms with Crippen LogP contribution in [0.4, 0.5) is 0 Å². The van der Waals surface area contributed by atoms with Gasteiger partial charge in [0.2, 0.25) is 0 Å². The molecule has 0 fully saturated rings. The number of nitrogens with zero attached hydrogens (tertiary/aromatic N) is 2. The third-order valence-electron chi connectivity index (χ3n) is 3.11. The van der Waals surface area contributed by atoms with Gasteiger partial charge in [0.1, 0.15) is 17.5 Å². The van der Waals surface area contributed by atoms with Gasteiger partial charge in [-0.3, -0.25) is 4.79 Å². The molecule has 0 saturated heterocycles. The highest BCUT2D eigenvalue weighted by molar-refractivity contribution is 6.32. The van der Waals surface area contributed by atoms with E-state index in [2.05, 4.69) is 4.98 Å². The van der Waals surface area contributed by atoms with Gasteiger partial charge in [-0.15, -0.1) is 0 Å². The van der Waals surface area contributed by atoms with Crippen LogP contribution in [0.25, 0.3) is 0 Å². The SMILES string of the molecule is Cc1ccccc1OCCN(C)C(=O)c1cccnc1Cl. The number of para-hydroxylation sites is 1. The Morgan fingerprint density at radius 1 is 1.29 bits per heavy atom. The third kappa shape index (κ3) is 3.95. The van der Waals surface area contributed by atoms with Crippen LogP contribution in [0.2, 0.25) is 5.15 Å². The summed E-state index contributed by atoms with van der Waals surface area (Å²) < 4.78 is 5.68. The van der Waals surface area contributed by atoms with Crippen molar-refractivity contribution in [3.8, 4) is 5.75 Å². The van der Waals surface area contributed by atoms with E-state index in [0.717, 1.165) is 11.3 Å². The number of carbonyl (C=O) groups is 1. The van der Waals surface area contributed by atoms with Gasteiger partial charge in [0.25, 0.3) is 5.91 Å². The quantitative estimate of drug-likeness (QED) is 0.797. The van der Waals surface area contributed by atoms with Crippen molar-refractivity contribution in [2.45, 2.75) is 6.92 Å². The van der Waals surface area contributed by atoms with Gasteiger partial charge in [-0.25, -0.2) is 4.98 Å². The number of halogens is 1. The van der Waals surface area contributed by atoms with Gasteiger partial charge in [-0.2, -0.15) is 0 Å². The Bertz CT molecular complexity index is 631. The smallest absolute Gasteiger partial charge is 0.256 e. The number of likely N-dealkylation sites (N-methyl/N-ethyl adjacent to an activating group) is 1. The number of amides is 1. The number of pyridine rings is 1. The third-order valence-corrected chi connectivity index (χ3v) is 3.42. The van der Waals surface area contributed by atoms with E-state index in [-0.39, 0.29) is 11.1 Å². The van der Waals surface area contributed by atoms with E-state index >= 15 is 0 Å². The highest BCUT2D eigenvalue weighted by Gasteiger charge is 2.15. The zero-order chi connectivity index (χ0) is 15.2. The highest BCUT2D eigenvalue weighted by atomic mass is 35.5. The fraction of sp³-hybridized carbons (Fsp3) is 0.250. The zero-order valence-electron chi connectivity index (χ0n) is 12.0. The van der Waals surface area contributed by atoms with E-state index < -0.39 is 0 Å². The summed E-state index contributed by atoms with van der Waals surface area (Å²) in [6.45, 7) is 2.88. The van der Waals surface area contributed by atoms with Gasteiger partial charge in [0.05, 0.1) is 12.1 Å². The molecule has 5 heteroatoms. The summed E-state index contributed by atoms with van der Waals surface area (Å²) in [6, 6.07) is 11.1. The summed E-state index contributed by atoms with van der Waals surface area (Å²) in [5, 5.41) is 0.217. The summed E-state index contributed by atoms with van der Waals surface area (Å²) in [6.07, 6.45) is 1.56. The molecular formula is C16H17ClN2O2. The van der Waals surface area contributed by atoms with Crippen LogP contribution in [0, 0.1) is 6.92 Å². The molecule has 0 spiro atoms. The minimum atomic E-state index is -0.165. The molecule has 0 aliphatic carbocycles. The molecule has 0 bridgehead atoms. The van der Waals surface area contributed by atoms with Crippen molar-refractivity contribution < 1.29 is 9.53 Å². The Kier molecular flexibility index (Phi) is 5.17. The summed E-state index contributed by atoms with van der Waals surface area (Å²) in [4.78, 5) is 17.7. The molecule has 0 N–H and O–H groups in total. The standard InChI is InChI=1S/C16H17ClN2O2/c1-12-6-3-4-8-14(12)21-11-10-19(2)16(20)13-7-5-9-18-15(13)17/h3-9H,10-11H2,1-2H3. The maximum atomic E-state index is 12.2. The molecule has 0 aliphatic rings. The first-order valence-electron chi connectivity index (χ1n) is 6.64. The Morgan fingerprint density at radius 2 is 2.05 bits per heavy atom. The van der Waals surface area contributed by atoms with Gasteiger partial charge < -0.3 is 9.64 Å². The van der Waals surface area contributed by atoms with Crippen LogP contribution in [0.15, 0.2) is 42.6 Å². The van der Waals surface area contributed by atoms with Crippen LogP contribution in [0.5, 0.6) is 5.75 Å². The van der Waals surface area contributed by atoms with Gasteiger partial charge >= 0.3 is 0 Å². The zero-order valence-corrected chi connectivity index (χ0v) is 12.8. The second-order valence-corrected chi connectivity index (χ2v) is 5.04. The largest absolute Gasteiger partial charge is 0.491 e. The molecule has 1 aromatic heterocycles. The number of aryl methyl sites for hydroxylation is 1. The van der Waals surface area contributed by atoms with Crippen LogP contribution >= 0.6 is 11.6 Å². The lowest BCUT2D eigenvalue weighted by molar-refractivity contribution is 0.0773. The second-order valence-electron chi connectivity index (χ2n) is 4.68. The Morgan fingerprint density at radius 3 is 2.76 bits per heavy atom. The number of hydrogen-bond acceptors (Lipinski definition) is 3. The van der Waals surface area contributed by atoms with Gasteiger partial charge in [-0.05, 0) is 30.7 Å². The predicted octanol–water partition coefficient (Wildman–Crippen LogP) is 3.19. The van der Waals surface area contributed by atoms with E-state index in [1.807, 2.05) is 31.2 Å². The van der Waals surface area contributed by atoms with Gasteiger partial charge in [0.15, 0.2) is 0 Å². The van der Waals surface area contributed by atoms with E-state index in [1.54, 1.807) is 30.3 Å². The fourth-order valence-electron chi connectivity index (χ4n) is 1.86. The first-order chi connectivity index (χ1) is 10.1. The average Bonchev–Trinajstić information content (AvgIpc) is 2.49. The molecule has 110 valence electrons. The number of benzene rings is 1. The van der Waals surface area contributed by atoms with Gasteiger partial charge in [0, 0.05) is 13.2 Å². The molecule has 4 nitrogen and oxygen atoms in total. The van der Waals surface area contributed by atoms with Crippen molar-refractivity contribution in [2.75, 3.05) is 20.2 Å². The molecule has 1 amide bonds. The topological polar surface area (TPSA) is 42.4 Å². The van der Waals surface area contributed by atoms with E-state index in [4.69, 9.17) is 16.3 Å². The number of rotatable bonds is 5. The lowest BCUT2D eigenvalue weighted by atomic mass is 10.2. The van der Waals surface area contributed by atoms with E-state index in [9.17, 15) is 4.79 Å². The van der Waals surface area contributed by atoms with Crippen molar-refractivity contribution in [3.63, 3.8) is 0 Å². The Hall–Kier alpha value is -2.07. The minimum absolute atomic E-state index is 0.165. The number of ether oxygens (including phenoxy) is 1. The summed E-state index contributed by atoms with van der Waals surface area (Å²) in [5.41, 5.74) is 1.47. The Balaban J connectivity index is 1.90. The average molecular weight is 305 g/mol. The molecule has 0 saturated carbocycles. The number of carbonyl (C=O) groups excluding carboxylic acids is 1. The first kappa shape index (κ1) is 15.3. The predicted molar refractivity (Wildman–Crippen MR) is 82.9 cm³/mol. The maximum Gasteiger partial charge on any atom is 0.256 e. The summed E-state index contributed by atoms with van der Waals surface area (Å²) >= 11 is 5.92. The summed E-state index contributed by atoms with van der Waals surface area (Å²) in [5.74, 6) is 0.666. The van der Waals surface area contributed by atoms with E-state index in [0.29, 0.717) is 18.7 Å². The second kappa shape index (κ2) is 7.09. The molecule has 1 heterocycles. The van der Waals surface area contributed by atoms with Crippen molar-refractivity contribution in [3.05, 3.63) is 58.9 Å². The normalized spacial score (nSPS) is 10.2. The van der Waals surface area contributed by atoms with Crippen molar-refractivity contribution >= 4 is 17.5 Å². The molecule has 21 heavy (non-hydrogen) atoms. The van der Waals surface area contributed by atoms with Crippen LogP contribution in [-0.2, 0) is 0 Å². The maximum absolute atomic E-state index is 12.2. The molecular weight excluding hydrogens is 288 g/mol. The van der Waals surface area contributed by atoms with Crippen LogP contribution in [0.1, 0.15) is 15.9 Å². The first-order valence-corrected chi connectivity index (χ1v) is 7.02. The minimum Gasteiger partial charge on any atom is -0.491 e. The molecule has 0 aliphatic heterocycles. The molecule has 0 radical (unpaired) electrons. The van der Waals surface area contributed by atoms with Crippen LogP contribution < -0.4 is 4.74 Å². The fourth-order valence-corrected chi connectivity index (χ4v) is 2.06. The monoisotopic (exact) mass is 304 g/mol. The van der Waals surface area contributed by atoms with Gasteiger partial charge in [-0.1, -0.05) is 29.8 Å². The molecule has 0 atom stereocenters. The van der Waals surface area contributed by atoms with Crippen LogP contribution in [0.3, 0.4) is 0 Å². The molecule has 2 rings (SSSR count). The van der Waals surface area contributed by atoms with Crippen molar-refractivity contribution in [1.82, 2.24) is 9.88 Å². The van der Waals surface area contributed by atoms with E-state index in [1.165, 1.54) is 0 Å². The summed E-state index contributed by atoms with van der Waals surface area (Å²) in [7, 11) is 1.72. The molecule has 2 aromatic rings. The van der Waals surface area contributed by atoms with Crippen molar-refractivity contribution in [2.24, 2.45) is 0 Å². The molecule has 1 aromatic carbocycles. The van der Waals surface area contributed by atoms with Crippen molar-refractivity contribution in [1.29, 1.82) is 0 Å². The molecule has 0 unspecified atom stereocenters. The number of hydrogen-bond donors (Lipinski definition) is 0.